The molecule has 1 aliphatic heterocycles. The molecule has 1 aromatic heterocycles. The van der Waals surface area contributed by atoms with Gasteiger partial charge < -0.3 is 0 Å². The highest BCUT2D eigenvalue weighted by molar-refractivity contribution is 7.07. The number of aromatic nitrogens is 1. The molecule has 5 heteroatoms. The number of hydrogen-bond acceptors (Lipinski definition) is 3. The minimum atomic E-state index is -0.301. The fourth-order valence-corrected chi connectivity index (χ4v) is 4.57. The third-order valence-electron chi connectivity index (χ3n) is 5.03. The second-order valence-electron chi connectivity index (χ2n) is 7.01. The van der Waals surface area contributed by atoms with Crippen LogP contribution in [0.25, 0.3) is 11.8 Å². The van der Waals surface area contributed by atoms with E-state index in [4.69, 9.17) is 4.99 Å². The summed E-state index contributed by atoms with van der Waals surface area (Å²) in [6.07, 6.45) is 3.82. The summed E-state index contributed by atoms with van der Waals surface area (Å²) in [4.78, 5) is 18.7. The normalized spacial score (nSPS) is 16.0. The topological polar surface area (TPSA) is 34.4 Å². The van der Waals surface area contributed by atoms with Crippen LogP contribution in [-0.4, -0.2) is 4.57 Å². The molecule has 1 aliphatic rings. The standard InChI is InChI=1S/C25H17FN2OS/c26-20-13-11-17(12-14-20)15-23-24(29)28-22(19-9-5-2-6-10-19)16-21(27-25(28)30-23)18-7-3-1-4-8-18/h1-16,22H/b23-15+. The fourth-order valence-electron chi connectivity index (χ4n) is 3.55. The Labute approximate surface area is 176 Å². The zero-order valence-corrected chi connectivity index (χ0v) is 16.7. The van der Waals surface area contributed by atoms with Crippen molar-refractivity contribution >= 4 is 23.1 Å². The van der Waals surface area contributed by atoms with E-state index in [0.717, 1.165) is 22.4 Å². The van der Waals surface area contributed by atoms with E-state index in [1.807, 2.05) is 66.7 Å². The molecule has 2 heterocycles. The van der Waals surface area contributed by atoms with Gasteiger partial charge >= 0.3 is 0 Å². The first-order valence-electron chi connectivity index (χ1n) is 9.58. The summed E-state index contributed by atoms with van der Waals surface area (Å²) in [7, 11) is 0. The molecule has 0 bridgehead atoms. The lowest BCUT2D eigenvalue weighted by Crippen LogP contribution is -2.36. The summed E-state index contributed by atoms with van der Waals surface area (Å²) < 4.78 is 15.5. The van der Waals surface area contributed by atoms with Crippen LogP contribution in [0.2, 0.25) is 0 Å². The Morgan fingerprint density at radius 1 is 0.900 bits per heavy atom. The quantitative estimate of drug-likeness (QED) is 0.498. The van der Waals surface area contributed by atoms with E-state index in [2.05, 4.69) is 0 Å². The van der Waals surface area contributed by atoms with Crippen LogP contribution >= 0.6 is 11.3 Å². The van der Waals surface area contributed by atoms with E-state index in [-0.39, 0.29) is 17.4 Å². The average molecular weight is 412 g/mol. The summed E-state index contributed by atoms with van der Waals surface area (Å²) >= 11 is 1.35. The maximum absolute atomic E-state index is 13.3. The first-order chi connectivity index (χ1) is 14.7. The molecule has 0 amide bonds. The Hall–Kier alpha value is -3.57. The molecule has 0 aliphatic carbocycles. The molecule has 0 fully saturated rings. The molecule has 3 aromatic carbocycles. The smallest absolute Gasteiger partial charge is 0.271 e. The van der Waals surface area contributed by atoms with Gasteiger partial charge in [0.25, 0.3) is 5.56 Å². The highest BCUT2D eigenvalue weighted by Gasteiger charge is 2.22. The largest absolute Gasteiger partial charge is 0.272 e. The minimum Gasteiger partial charge on any atom is -0.272 e. The highest BCUT2D eigenvalue weighted by Crippen LogP contribution is 2.26. The number of benzene rings is 3. The van der Waals surface area contributed by atoms with Gasteiger partial charge in [0.2, 0.25) is 0 Å². The van der Waals surface area contributed by atoms with Gasteiger partial charge in [0.15, 0.2) is 4.80 Å². The van der Waals surface area contributed by atoms with Crippen LogP contribution in [0.3, 0.4) is 0 Å². The lowest BCUT2D eigenvalue weighted by molar-refractivity contribution is 0.628. The van der Waals surface area contributed by atoms with Crippen LogP contribution in [0.5, 0.6) is 0 Å². The number of fused-ring (bicyclic) bond motifs is 1. The van der Waals surface area contributed by atoms with Crippen molar-refractivity contribution in [3.05, 3.63) is 133 Å². The van der Waals surface area contributed by atoms with E-state index in [1.165, 1.54) is 23.5 Å². The van der Waals surface area contributed by atoms with Gasteiger partial charge in [0, 0.05) is 0 Å². The summed E-state index contributed by atoms with van der Waals surface area (Å²) in [6, 6.07) is 25.8. The van der Waals surface area contributed by atoms with Crippen molar-refractivity contribution in [2.45, 2.75) is 6.04 Å². The summed E-state index contributed by atoms with van der Waals surface area (Å²) in [5.41, 5.74) is 3.56. The van der Waals surface area contributed by atoms with Crippen LogP contribution in [0.15, 0.2) is 101 Å². The Morgan fingerprint density at radius 2 is 1.57 bits per heavy atom. The lowest BCUT2D eigenvalue weighted by Gasteiger charge is -2.19. The van der Waals surface area contributed by atoms with Gasteiger partial charge in [-0.15, -0.1) is 0 Å². The molecule has 1 unspecified atom stereocenters. The van der Waals surface area contributed by atoms with Crippen molar-refractivity contribution in [1.82, 2.24) is 4.57 Å². The number of nitrogens with zero attached hydrogens (tertiary/aromatic N) is 2. The number of hydrogen-bond donors (Lipinski definition) is 0. The summed E-state index contributed by atoms with van der Waals surface area (Å²) in [5, 5.41) is 0. The van der Waals surface area contributed by atoms with Gasteiger partial charge in [0.05, 0.1) is 16.3 Å². The maximum atomic E-state index is 13.3. The molecule has 4 aromatic rings. The van der Waals surface area contributed by atoms with Crippen molar-refractivity contribution < 1.29 is 4.39 Å². The van der Waals surface area contributed by atoms with Gasteiger partial charge in [-0.05, 0) is 41.0 Å². The number of rotatable bonds is 3. The molecule has 0 saturated heterocycles. The van der Waals surface area contributed by atoms with Crippen molar-refractivity contribution in [3.8, 4) is 0 Å². The van der Waals surface area contributed by atoms with Gasteiger partial charge in [-0.2, -0.15) is 0 Å². The molecular weight excluding hydrogens is 395 g/mol. The van der Waals surface area contributed by atoms with Gasteiger partial charge in [-0.1, -0.05) is 84.1 Å². The molecule has 0 saturated carbocycles. The predicted octanol–water partition coefficient (Wildman–Crippen LogP) is 4.14. The van der Waals surface area contributed by atoms with Crippen LogP contribution in [0.4, 0.5) is 4.39 Å². The van der Waals surface area contributed by atoms with E-state index in [9.17, 15) is 9.18 Å². The van der Waals surface area contributed by atoms with Crippen LogP contribution in [0.1, 0.15) is 22.7 Å². The molecule has 3 nitrogen and oxygen atoms in total. The van der Waals surface area contributed by atoms with E-state index in [1.54, 1.807) is 22.8 Å². The van der Waals surface area contributed by atoms with Crippen LogP contribution in [-0.2, 0) is 0 Å². The van der Waals surface area contributed by atoms with Crippen molar-refractivity contribution in [2.24, 2.45) is 4.99 Å². The number of halogens is 1. The molecule has 0 radical (unpaired) electrons. The first kappa shape index (κ1) is 18.5. The Balaban J connectivity index is 1.73. The van der Waals surface area contributed by atoms with Crippen molar-refractivity contribution in [2.75, 3.05) is 0 Å². The molecule has 0 N–H and O–H groups in total. The minimum absolute atomic E-state index is 0.0970. The molecular formula is C25H17FN2OS. The van der Waals surface area contributed by atoms with E-state index >= 15 is 0 Å². The third kappa shape index (κ3) is 3.44. The number of allylic oxidation sites excluding steroid dienone is 1. The highest BCUT2D eigenvalue weighted by atomic mass is 32.1. The van der Waals surface area contributed by atoms with Crippen molar-refractivity contribution in [3.63, 3.8) is 0 Å². The SMILES string of the molecule is O=c1/c(=C\c2ccc(F)cc2)sc2n1C(c1ccccc1)C=C(c1ccccc1)N=2. The second-order valence-corrected chi connectivity index (χ2v) is 8.01. The molecule has 1 atom stereocenters. The third-order valence-corrected chi connectivity index (χ3v) is 6.01. The lowest BCUT2D eigenvalue weighted by atomic mass is 10.0. The Morgan fingerprint density at radius 3 is 2.27 bits per heavy atom. The first-order valence-corrected chi connectivity index (χ1v) is 10.4. The summed E-state index contributed by atoms with van der Waals surface area (Å²) in [5.74, 6) is -0.301. The zero-order chi connectivity index (χ0) is 20.5. The fraction of sp³-hybridized carbons (Fsp3) is 0.0400. The monoisotopic (exact) mass is 412 g/mol. The average Bonchev–Trinajstić information content (AvgIpc) is 3.11. The Kier molecular flexibility index (Phi) is 4.73. The van der Waals surface area contributed by atoms with Gasteiger partial charge in [-0.3, -0.25) is 9.36 Å². The van der Waals surface area contributed by atoms with Crippen LogP contribution < -0.4 is 14.9 Å². The molecule has 146 valence electrons. The second kappa shape index (κ2) is 7.69. The number of thiazole rings is 1. The molecule has 30 heavy (non-hydrogen) atoms. The summed E-state index contributed by atoms with van der Waals surface area (Å²) in [6.45, 7) is 0. The van der Waals surface area contributed by atoms with E-state index < -0.39 is 0 Å². The molecule has 5 rings (SSSR count). The van der Waals surface area contributed by atoms with Crippen molar-refractivity contribution in [1.29, 1.82) is 0 Å². The predicted molar refractivity (Wildman–Crippen MR) is 118 cm³/mol. The maximum Gasteiger partial charge on any atom is 0.271 e. The van der Waals surface area contributed by atoms with Gasteiger partial charge in [-0.25, -0.2) is 9.38 Å². The van der Waals surface area contributed by atoms with Gasteiger partial charge in [0.1, 0.15) is 5.82 Å². The zero-order valence-electron chi connectivity index (χ0n) is 15.9. The Bertz CT molecular complexity index is 1400. The molecule has 0 spiro atoms. The van der Waals surface area contributed by atoms with Crippen LogP contribution in [0, 0.1) is 5.82 Å². The van der Waals surface area contributed by atoms with E-state index in [0.29, 0.717) is 9.33 Å².